The highest BCUT2D eigenvalue weighted by molar-refractivity contribution is 7.90. The maximum atomic E-state index is 12.1. The predicted molar refractivity (Wildman–Crippen MR) is 67.5 cm³/mol. The lowest BCUT2D eigenvalue weighted by Crippen LogP contribution is -2.07. The van der Waals surface area contributed by atoms with Crippen molar-refractivity contribution < 1.29 is 18.3 Å². The second-order valence-electron chi connectivity index (χ2n) is 4.07. The Hall–Kier alpha value is -2.15. The summed E-state index contributed by atoms with van der Waals surface area (Å²) in [4.78, 5) is 10.8. The van der Waals surface area contributed by atoms with Gasteiger partial charge in [0.1, 0.15) is 0 Å². The zero-order chi connectivity index (χ0) is 14.0. The van der Waals surface area contributed by atoms with Gasteiger partial charge in [0.25, 0.3) is 0 Å². The van der Waals surface area contributed by atoms with Crippen LogP contribution in [0, 0.1) is 0 Å². The molecule has 19 heavy (non-hydrogen) atoms. The molecule has 0 saturated carbocycles. The monoisotopic (exact) mass is 280 g/mol. The molecule has 0 aliphatic heterocycles. The molecule has 0 bridgehead atoms. The van der Waals surface area contributed by atoms with E-state index in [2.05, 4.69) is 5.10 Å². The lowest BCUT2D eigenvalue weighted by atomic mass is 10.2. The van der Waals surface area contributed by atoms with Crippen molar-refractivity contribution in [2.24, 2.45) is 7.05 Å². The minimum absolute atomic E-state index is 0.0157. The lowest BCUT2D eigenvalue weighted by Gasteiger charge is -2.03. The van der Waals surface area contributed by atoms with Crippen LogP contribution in [0.3, 0.4) is 0 Å². The Morgan fingerprint density at radius 3 is 2.68 bits per heavy atom. The summed E-state index contributed by atoms with van der Waals surface area (Å²) in [6.07, 6.45) is 1.65. The number of carbonyl (C=O) groups is 1. The molecule has 1 aromatic heterocycles. The van der Waals surface area contributed by atoms with Gasteiger partial charge in [0.15, 0.2) is 9.84 Å². The van der Waals surface area contributed by atoms with Crippen LogP contribution in [0.5, 0.6) is 0 Å². The number of aromatic carboxylic acids is 1. The molecule has 1 N–H and O–H groups in total. The smallest absolute Gasteiger partial charge is 0.335 e. The summed E-state index contributed by atoms with van der Waals surface area (Å²) in [5.41, 5.74) is 0.366. The van der Waals surface area contributed by atoms with Gasteiger partial charge in [-0.2, -0.15) is 5.10 Å². The molecule has 0 fully saturated rings. The summed E-state index contributed by atoms with van der Waals surface area (Å²) >= 11 is 0. The highest BCUT2D eigenvalue weighted by Gasteiger charge is 2.18. The van der Waals surface area contributed by atoms with Crippen LogP contribution < -0.4 is 0 Å². The van der Waals surface area contributed by atoms with Gasteiger partial charge < -0.3 is 5.11 Å². The third-order valence-electron chi connectivity index (χ3n) is 2.55. The minimum atomic E-state index is -3.60. The largest absolute Gasteiger partial charge is 0.478 e. The van der Waals surface area contributed by atoms with Crippen LogP contribution in [0.1, 0.15) is 16.1 Å². The number of sulfone groups is 1. The van der Waals surface area contributed by atoms with Crippen LogP contribution in [0.15, 0.2) is 41.4 Å². The Labute approximate surface area is 110 Å². The first kappa shape index (κ1) is 13.3. The van der Waals surface area contributed by atoms with Crippen molar-refractivity contribution in [1.82, 2.24) is 9.78 Å². The Morgan fingerprint density at radius 2 is 2.11 bits per heavy atom. The Bertz CT molecular complexity index is 719. The van der Waals surface area contributed by atoms with Crippen molar-refractivity contribution in [3.63, 3.8) is 0 Å². The zero-order valence-electron chi connectivity index (χ0n) is 10.1. The Kier molecular flexibility index (Phi) is 3.39. The van der Waals surface area contributed by atoms with E-state index in [4.69, 9.17) is 5.11 Å². The number of benzene rings is 1. The molecule has 0 atom stereocenters. The SMILES string of the molecule is Cn1ccc(CS(=O)(=O)c2cccc(C(=O)O)c2)n1. The Morgan fingerprint density at radius 1 is 1.37 bits per heavy atom. The van der Waals surface area contributed by atoms with Gasteiger partial charge in [-0.3, -0.25) is 4.68 Å². The molecular weight excluding hydrogens is 268 g/mol. The highest BCUT2D eigenvalue weighted by Crippen LogP contribution is 2.17. The number of aryl methyl sites for hydroxylation is 1. The fourth-order valence-electron chi connectivity index (χ4n) is 1.64. The molecule has 100 valence electrons. The molecule has 0 unspecified atom stereocenters. The molecule has 0 aliphatic rings. The summed E-state index contributed by atoms with van der Waals surface area (Å²) < 4.78 is 25.8. The van der Waals surface area contributed by atoms with Gasteiger partial charge in [-0.15, -0.1) is 0 Å². The maximum Gasteiger partial charge on any atom is 0.335 e. The van der Waals surface area contributed by atoms with Gasteiger partial charge in [0, 0.05) is 13.2 Å². The number of aromatic nitrogens is 2. The summed E-state index contributed by atoms with van der Waals surface area (Å²) in [5, 5.41) is 12.9. The van der Waals surface area contributed by atoms with Crippen LogP contribution >= 0.6 is 0 Å². The van der Waals surface area contributed by atoms with Gasteiger partial charge in [0.05, 0.1) is 21.9 Å². The number of hydrogen-bond acceptors (Lipinski definition) is 4. The van der Waals surface area contributed by atoms with E-state index in [1.54, 1.807) is 19.3 Å². The number of carboxylic acid groups (broad SMARTS) is 1. The molecule has 7 heteroatoms. The molecule has 2 aromatic rings. The standard InChI is InChI=1S/C12H12N2O4S/c1-14-6-5-10(13-14)8-19(17,18)11-4-2-3-9(7-11)12(15)16/h2-7H,8H2,1H3,(H,15,16). The molecule has 2 rings (SSSR count). The second-order valence-corrected chi connectivity index (χ2v) is 6.06. The summed E-state index contributed by atoms with van der Waals surface area (Å²) in [6.45, 7) is 0. The summed E-state index contributed by atoms with van der Waals surface area (Å²) in [5.74, 6) is -1.41. The third-order valence-corrected chi connectivity index (χ3v) is 4.19. The normalized spacial score (nSPS) is 11.4. The molecule has 0 radical (unpaired) electrons. The summed E-state index contributed by atoms with van der Waals surface area (Å²) in [7, 11) is -1.90. The molecular formula is C12H12N2O4S. The summed E-state index contributed by atoms with van der Waals surface area (Å²) in [6, 6.07) is 6.90. The minimum Gasteiger partial charge on any atom is -0.478 e. The maximum absolute atomic E-state index is 12.1. The topological polar surface area (TPSA) is 89.3 Å². The fourth-order valence-corrected chi connectivity index (χ4v) is 2.94. The van der Waals surface area contributed by atoms with Gasteiger partial charge in [-0.1, -0.05) is 6.07 Å². The first-order valence-electron chi connectivity index (χ1n) is 5.43. The first-order chi connectivity index (χ1) is 8.88. The van der Waals surface area contributed by atoms with Crippen molar-refractivity contribution in [2.45, 2.75) is 10.6 Å². The molecule has 0 aliphatic carbocycles. The van der Waals surface area contributed by atoms with Crippen molar-refractivity contribution in [3.8, 4) is 0 Å². The van der Waals surface area contributed by atoms with Crippen LogP contribution in [-0.4, -0.2) is 29.3 Å². The average Bonchev–Trinajstić information content (AvgIpc) is 2.74. The average molecular weight is 280 g/mol. The third kappa shape index (κ3) is 3.00. The first-order valence-corrected chi connectivity index (χ1v) is 7.08. The number of nitrogens with zero attached hydrogens (tertiary/aromatic N) is 2. The molecule has 1 heterocycles. The zero-order valence-corrected chi connectivity index (χ0v) is 11.0. The van der Waals surface area contributed by atoms with E-state index in [-0.39, 0.29) is 16.2 Å². The molecule has 0 amide bonds. The van der Waals surface area contributed by atoms with Gasteiger partial charge in [0.2, 0.25) is 0 Å². The van der Waals surface area contributed by atoms with Crippen molar-refractivity contribution >= 4 is 15.8 Å². The van der Waals surface area contributed by atoms with E-state index in [0.717, 1.165) is 6.07 Å². The fraction of sp³-hybridized carbons (Fsp3) is 0.167. The molecule has 0 saturated heterocycles. The van der Waals surface area contributed by atoms with E-state index < -0.39 is 15.8 Å². The van der Waals surface area contributed by atoms with Gasteiger partial charge in [-0.25, -0.2) is 13.2 Å². The highest BCUT2D eigenvalue weighted by atomic mass is 32.2. The molecule has 1 aromatic carbocycles. The number of carboxylic acids is 1. The van der Waals surface area contributed by atoms with Gasteiger partial charge >= 0.3 is 5.97 Å². The predicted octanol–water partition coefficient (Wildman–Crippen LogP) is 1.09. The molecule has 0 spiro atoms. The van der Waals surface area contributed by atoms with Crippen molar-refractivity contribution in [2.75, 3.05) is 0 Å². The molecule has 6 nitrogen and oxygen atoms in total. The number of hydrogen-bond donors (Lipinski definition) is 1. The van der Waals surface area contributed by atoms with Crippen LogP contribution in [0.25, 0.3) is 0 Å². The van der Waals surface area contributed by atoms with E-state index in [9.17, 15) is 13.2 Å². The van der Waals surface area contributed by atoms with E-state index in [0.29, 0.717) is 5.69 Å². The van der Waals surface area contributed by atoms with Crippen LogP contribution in [0.2, 0.25) is 0 Å². The van der Waals surface area contributed by atoms with Crippen LogP contribution in [0.4, 0.5) is 0 Å². The second kappa shape index (κ2) is 4.85. The Balaban J connectivity index is 2.34. The quantitative estimate of drug-likeness (QED) is 0.905. The van der Waals surface area contributed by atoms with Crippen molar-refractivity contribution in [1.29, 1.82) is 0 Å². The van der Waals surface area contributed by atoms with E-state index in [1.807, 2.05) is 0 Å². The van der Waals surface area contributed by atoms with Crippen molar-refractivity contribution in [3.05, 3.63) is 47.8 Å². The van der Waals surface area contributed by atoms with E-state index >= 15 is 0 Å². The lowest BCUT2D eigenvalue weighted by molar-refractivity contribution is 0.0696. The van der Waals surface area contributed by atoms with E-state index in [1.165, 1.54) is 22.9 Å². The van der Waals surface area contributed by atoms with Crippen LogP contribution in [-0.2, 0) is 22.6 Å². The van der Waals surface area contributed by atoms with Gasteiger partial charge in [-0.05, 0) is 24.3 Å². The number of rotatable bonds is 4.